The molecule has 0 fully saturated rings. The van der Waals surface area contributed by atoms with Crippen molar-refractivity contribution >= 4 is 146 Å². The zero-order chi connectivity index (χ0) is 17.9. The van der Waals surface area contributed by atoms with Crippen molar-refractivity contribution in [2.24, 2.45) is 28.7 Å². The molecule has 0 amide bonds. The van der Waals surface area contributed by atoms with E-state index in [1.54, 1.807) is 0 Å². The first kappa shape index (κ1) is 38.0. The van der Waals surface area contributed by atoms with Crippen molar-refractivity contribution in [2.75, 3.05) is 0 Å². The molecular weight excluding hydrogens is 637 g/mol. The normalized spacial score (nSPS) is 5.71. The minimum atomic E-state index is 0. The second-order valence-electron chi connectivity index (χ2n) is 1.60. The van der Waals surface area contributed by atoms with Crippen LogP contribution in [0.4, 0.5) is 0 Å². The third-order valence-electron chi connectivity index (χ3n) is 0. The Labute approximate surface area is 192 Å². The zero-order valence-corrected chi connectivity index (χ0v) is 20.7. The fraction of sp³-hybridized carbons (Fsp3) is 0. The van der Waals surface area contributed by atoms with E-state index in [0.29, 0.717) is 0 Å². The Hall–Kier alpha value is 1.21. The molecule has 0 bridgehead atoms. The van der Waals surface area contributed by atoms with Crippen LogP contribution in [0.1, 0.15) is 0 Å². The summed E-state index contributed by atoms with van der Waals surface area (Å²) in [5.41, 5.74) is 23.3. The van der Waals surface area contributed by atoms with Crippen LogP contribution < -0.4 is 28.7 Å². The smallest absolute Gasteiger partial charge is 0 e. The van der Waals surface area contributed by atoms with Crippen LogP contribution in [0.5, 0.6) is 0 Å². The maximum absolute atomic E-state index is 4.66. The van der Waals surface area contributed by atoms with Crippen LogP contribution in [0.25, 0.3) is 0 Å². The van der Waals surface area contributed by atoms with E-state index in [-0.39, 0.29) is 42.0 Å². The second-order valence-corrected chi connectivity index (χ2v) is 7.29. The van der Waals surface area contributed by atoms with Gasteiger partial charge in [0, 0.05) is 20.4 Å². The number of rotatable bonds is 0. The Morgan fingerprint density at radius 3 is 0.429 bits per heavy atom. The first-order valence-electron chi connectivity index (χ1n) is 3.48. The van der Waals surface area contributed by atoms with E-state index in [1.807, 2.05) is 0 Å². The molecule has 0 saturated carbocycles. The van der Waals surface area contributed by atoms with Gasteiger partial charge in [-0.15, -0.1) is 0 Å². The Morgan fingerprint density at radius 2 is 0.429 bits per heavy atom. The number of hydrogen-bond donors (Lipinski definition) is 5. The third kappa shape index (κ3) is 5330. The summed E-state index contributed by atoms with van der Waals surface area (Å²) in [5, 5.41) is 0. The molecule has 0 aromatic carbocycles. The van der Waals surface area contributed by atoms with Gasteiger partial charge in [0.05, 0.1) is 0 Å². The molecule has 0 aliphatic carbocycles. The van der Waals surface area contributed by atoms with Crippen LogP contribution in [0.15, 0.2) is 0 Å². The van der Waals surface area contributed by atoms with Crippen LogP contribution in [0.3, 0.4) is 0 Å². The Morgan fingerprint density at radius 1 is 0.429 bits per heavy atom. The first-order valence-corrected chi connectivity index (χ1v) is 7.57. The monoisotopic (exact) mass is 647 g/mol. The van der Waals surface area contributed by atoms with Crippen LogP contribution in [0.2, 0.25) is 0 Å². The third-order valence-corrected chi connectivity index (χ3v) is 0. The molecule has 0 aliphatic rings. The summed E-state index contributed by atoms with van der Waals surface area (Å²) in [5.74, 6) is 0. The summed E-state index contributed by atoms with van der Waals surface area (Å²) in [6.07, 6.45) is 0. The quantitative estimate of drug-likeness (QED) is 0.161. The summed E-state index contributed by atoms with van der Waals surface area (Å²) < 4.78 is 0.417. The average molecular weight is 647 g/mol. The minimum absolute atomic E-state index is 0. The van der Waals surface area contributed by atoms with E-state index in [4.69, 9.17) is 0 Å². The van der Waals surface area contributed by atoms with Crippen LogP contribution in [0, 0.1) is 0 Å². The van der Waals surface area contributed by atoms with Crippen molar-refractivity contribution < 1.29 is 20.4 Å². The molecule has 0 spiro atoms. The molecule has 0 rings (SSSR count). The summed E-state index contributed by atoms with van der Waals surface area (Å²) in [4.78, 5) is 0. The standard InChI is InChI=1S/5CH3NS2.Re/c5*2-1(3)4;/h5*(H3,2,3,4);/p-5. The summed E-state index contributed by atoms with van der Waals surface area (Å²) in [7, 11) is 0. The molecule has 16 heteroatoms. The van der Waals surface area contributed by atoms with Gasteiger partial charge in [-0.25, -0.2) is 0 Å². The Balaban J connectivity index is -0.0000000331. The van der Waals surface area contributed by atoms with Crippen LogP contribution >= 0.6 is 61.1 Å². The predicted octanol–water partition coefficient (Wildman–Crippen LogP) is -1.12. The van der Waals surface area contributed by atoms with Crippen molar-refractivity contribution in [1.29, 1.82) is 0 Å². The molecule has 127 valence electrons. The van der Waals surface area contributed by atoms with Gasteiger partial charge in [-0.3, -0.25) is 0 Å². The van der Waals surface area contributed by atoms with E-state index in [1.165, 1.54) is 0 Å². The van der Waals surface area contributed by atoms with E-state index >= 15 is 0 Å². The first-order chi connectivity index (χ1) is 8.66. The van der Waals surface area contributed by atoms with E-state index in [2.05, 4.69) is 153 Å². The second kappa shape index (κ2) is 33.0. The fourth-order valence-electron chi connectivity index (χ4n) is 0. The number of hydrogen-bond acceptors (Lipinski definition) is 10. The topological polar surface area (TPSA) is 130 Å². The maximum Gasteiger partial charge on any atom is 0 e. The van der Waals surface area contributed by atoms with Gasteiger partial charge in [-0.05, 0) is 0 Å². The van der Waals surface area contributed by atoms with Crippen molar-refractivity contribution in [2.45, 2.75) is 0 Å². The molecule has 0 heterocycles. The molecule has 10 N–H and O–H groups in total. The molecular formula is C5H10N5ReS10-5. The van der Waals surface area contributed by atoms with Gasteiger partial charge in [0.25, 0.3) is 0 Å². The van der Waals surface area contributed by atoms with Gasteiger partial charge < -0.3 is 153 Å². The molecule has 0 saturated heterocycles. The predicted molar refractivity (Wildman–Crippen MR) is 121 cm³/mol. The van der Waals surface area contributed by atoms with E-state index in [9.17, 15) is 0 Å². The molecule has 0 atom stereocenters. The van der Waals surface area contributed by atoms with Gasteiger partial charge in [-0.2, -0.15) is 0 Å². The van der Waals surface area contributed by atoms with E-state index < -0.39 is 0 Å². The zero-order valence-electron chi connectivity index (χ0n) is 9.85. The van der Waals surface area contributed by atoms with Crippen LogP contribution in [-0.2, 0) is 83.6 Å². The van der Waals surface area contributed by atoms with E-state index in [0.717, 1.165) is 0 Å². The van der Waals surface area contributed by atoms with Gasteiger partial charge in [0.15, 0.2) is 0 Å². The van der Waals surface area contributed by atoms with Gasteiger partial charge in [0.2, 0.25) is 0 Å². The summed E-state index contributed by atoms with van der Waals surface area (Å²) in [6, 6.07) is 0. The van der Waals surface area contributed by atoms with Gasteiger partial charge >= 0.3 is 0 Å². The molecule has 21 heavy (non-hydrogen) atoms. The molecule has 5 nitrogen and oxygen atoms in total. The SMILES string of the molecule is NC(=S)[S-].NC(=S)[S-].NC(=S)[S-].NC(=S)[S-].NC(=S)[S-].[Re]. The van der Waals surface area contributed by atoms with Gasteiger partial charge in [-0.1, -0.05) is 21.6 Å². The molecule has 0 aliphatic heterocycles. The number of nitrogens with two attached hydrogens (primary N) is 5. The Kier molecular flexibility index (Phi) is 59.7. The largest absolute Gasteiger partial charge is 0.415 e. The van der Waals surface area contributed by atoms with Crippen molar-refractivity contribution in [3.63, 3.8) is 0 Å². The molecule has 0 aromatic rings. The van der Waals surface area contributed by atoms with Crippen molar-refractivity contribution in [1.82, 2.24) is 0 Å². The van der Waals surface area contributed by atoms with Crippen molar-refractivity contribution in [3.8, 4) is 0 Å². The Bertz CT molecular complexity index is 221. The fourth-order valence-corrected chi connectivity index (χ4v) is 0. The van der Waals surface area contributed by atoms with Crippen LogP contribution in [-0.4, -0.2) is 21.6 Å². The maximum atomic E-state index is 4.66. The average Bonchev–Trinajstić information content (AvgIpc) is 1.94. The molecule has 1 radical (unpaired) electrons. The minimum Gasteiger partial charge on any atom is -0.415 e. The molecule has 0 aromatic heterocycles. The van der Waals surface area contributed by atoms with Gasteiger partial charge in [0.1, 0.15) is 0 Å². The molecule has 0 unspecified atom stereocenters. The number of thiocarbonyl (C=S) groups is 5. The summed E-state index contributed by atoms with van der Waals surface area (Å²) in [6.45, 7) is 0. The van der Waals surface area contributed by atoms with Crippen molar-refractivity contribution in [3.05, 3.63) is 0 Å². The summed E-state index contributed by atoms with van der Waals surface area (Å²) >= 11 is 41.3.